The molecule has 9 heteroatoms. The van der Waals surface area contributed by atoms with Gasteiger partial charge >= 0.3 is 11.9 Å². The fraction of sp³-hybridized carbons (Fsp3) is 0.500. The van der Waals surface area contributed by atoms with E-state index in [0.29, 0.717) is 16.3 Å². The minimum Gasteiger partial charge on any atom is -0.492 e. The van der Waals surface area contributed by atoms with Crippen molar-refractivity contribution in [3.63, 3.8) is 0 Å². The van der Waals surface area contributed by atoms with Gasteiger partial charge in [0.15, 0.2) is 0 Å². The van der Waals surface area contributed by atoms with Crippen LogP contribution in [0.2, 0.25) is 0 Å². The summed E-state index contributed by atoms with van der Waals surface area (Å²) in [7, 11) is 3.43. The molecule has 1 aromatic heterocycles. The van der Waals surface area contributed by atoms with Gasteiger partial charge in [-0.3, -0.25) is 9.69 Å². The number of benzene rings is 1. The van der Waals surface area contributed by atoms with E-state index in [2.05, 4.69) is 4.98 Å². The Morgan fingerprint density at radius 3 is 2.64 bits per heavy atom. The predicted molar refractivity (Wildman–Crippen MR) is 126 cm³/mol. The Hall–Kier alpha value is -2.96. The van der Waals surface area contributed by atoms with Gasteiger partial charge in [0.05, 0.1) is 17.9 Å². The summed E-state index contributed by atoms with van der Waals surface area (Å²) in [6, 6.07) is 6.15. The van der Waals surface area contributed by atoms with Gasteiger partial charge in [-0.1, -0.05) is 26.5 Å². The van der Waals surface area contributed by atoms with E-state index in [1.54, 1.807) is 38.9 Å². The van der Waals surface area contributed by atoms with Crippen LogP contribution in [-0.4, -0.2) is 55.4 Å². The molecule has 1 unspecified atom stereocenters. The third kappa shape index (κ3) is 7.01. The van der Waals surface area contributed by atoms with Gasteiger partial charge in [-0.2, -0.15) is 5.26 Å². The Balaban J connectivity index is 2.12. The van der Waals surface area contributed by atoms with E-state index < -0.39 is 44.4 Å². The van der Waals surface area contributed by atoms with Gasteiger partial charge in [-0.25, -0.2) is 9.78 Å². The highest BCUT2D eigenvalue weighted by molar-refractivity contribution is 7.17. The number of hydrogen-bond acceptors (Lipinski definition) is 9. The first-order valence-electron chi connectivity index (χ1n) is 13.2. The molecule has 0 amide bonds. The number of likely N-dealkylation sites (N-methyl/N-ethyl adjacent to an activating group) is 1. The molecule has 1 atom stereocenters. The van der Waals surface area contributed by atoms with Crippen LogP contribution in [0, 0.1) is 24.2 Å². The summed E-state index contributed by atoms with van der Waals surface area (Å²) < 4.78 is 60.5. The second kappa shape index (κ2) is 12.3. The number of thiazole rings is 1. The predicted octanol–water partition coefficient (Wildman–Crippen LogP) is 4.41. The van der Waals surface area contributed by atoms with Gasteiger partial charge in [0.1, 0.15) is 27.7 Å². The van der Waals surface area contributed by atoms with Crippen molar-refractivity contribution in [2.24, 2.45) is 5.92 Å². The maximum absolute atomic E-state index is 12.5. The Morgan fingerprint density at radius 1 is 1.27 bits per heavy atom. The second-order valence-corrected chi connectivity index (χ2v) is 8.49. The van der Waals surface area contributed by atoms with Crippen LogP contribution in [0.5, 0.6) is 5.75 Å². The van der Waals surface area contributed by atoms with Crippen molar-refractivity contribution >= 4 is 23.3 Å². The Morgan fingerprint density at radius 2 is 2.00 bits per heavy atom. The highest BCUT2D eigenvalue weighted by Crippen LogP contribution is 2.32. The fourth-order valence-corrected chi connectivity index (χ4v) is 3.48. The summed E-state index contributed by atoms with van der Waals surface area (Å²) in [6.07, 6.45) is -0.674. The lowest BCUT2D eigenvalue weighted by Gasteiger charge is -2.17. The quantitative estimate of drug-likeness (QED) is 0.345. The molecule has 0 N–H and O–H groups in total. The molecule has 0 radical (unpaired) electrons. The van der Waals surface area contributed by atoms with E-state index in [9.17, 15) is 14.9 Å². The summed E-state index contributed by atoms with van der Waals surface area (Å²) in [5.41, 5.74) is 1.05. The standard InChI is InChI=1S/C24H31N3O5S/c1-7-17(8-2)13-30-20-10-9-18(11-19(20)12-25)22-26-15(3)21(33-22)24(29)32-14-31-23(28)16(4)27(5)6/h9-11,16-17H,7-8,13-14H2,1-6H3/i1D3,2D3. The van der Waals surface area contributed by atoms with E-state index in [4.69, 9.17) is 22.4 Å². The molecule has 0 bridgehead atoms. The summed E-state index contributed by atoms with van der Waals surface area (Å²) in [5.74, 6) is -1.85. The van der Waals surface area contributed by atoms with Crippen molar-refractivity contribution < 1.29 is 32.0 Å². The molecule has 0 fully saturated rings. The number of aromatic nitrogens is 1. The zero-order valence-electron chi connectivity index (χ0n) is 25.0. The first-order chi connectivity index (χ1) is 18.0. The maximum Gasteiger partial charge on any atom is 0.353 e. The number of rotatable bonds is 11. The number of ether oxygens (including phenoxy) is 3. The summed E-state index contributed by atoms with van der Waals surface area (Å²) in [4.78, 5) is 30.7. The van der Waals surface area contributed by atoms with E-state index in [1.165, 1.54) is 12.1 Å². The van der Waals surface area contributed by atoms with Crippen molar-refractivity contribution in [3.8, 4) is 22.4 Å². The number of esters is 2. The van der Waals surface area contributed by atoms with Crippen LogP contribution in [0.3, 0.4) is 0 Å². The van der Waals surface area contributed by atoms with Crippen molar-refractivity contribution in [1.29, 1.82) is 5.26 Å². The van der Waals surface area contributed by atoms with Crippen LogP contribution in [0.4, 0.5) is 0 Å². The molecule has 0 aliphatic heterocycles. The third-order valence-corrected chi connectivity index (χ3v) is 6.07. The van der Waals surface area contributed by atoms with E-state index in [-0.39, 0.29) is 35.6 Å². The lowest BCUT2D eigenvalue weighted by Crippen LogP contribution is -2.34. The molecule has 178 valence electrons. The van der Waals surface area contributed by atoms with Gasteiger partial charge in [0.25, 0.3) is 0 Å². The molecule has 0 saturated carbocycles. The molecule has 1 aromatic carbocycles. The lowest BCUT2D eigenvalue weighted by molar-refractivity contribution is -0.156. The highest BCUT2D eigenvalue weighted by Gasteiger charge is 2.21. The van der Waals surface area contributed by atoms with Gasteiger partial charge in [0.2, 0.25) is 6.79 Å². The SMILES string of the molecule is [2H]C([2H])([2H])CC(COc1ccc(-c2nc(C)c(C(=O)OCOC(=O)C(C)N(C)C)s2)cc1C#N)CC([2H])([2H])[2H]. The summed E-state index contributed by atoms with van der Waals surface area (Å²) >= 11 is 1.04. The zero-order chi connectivity index (χ0) is 29.5. The number of carbonyl (C=O) groups excluding carboxylic acids is 2. The van der Waals surface area contributed by atoms with Crippen LogP contribution >= 0.6 is 11.3 Å². The molecule has 0 spiro atoms. The van der Waals surface area contributed by atoms with E-state index in [0.717, 1.165) is 11.3 Å². The smallest absolute Gasteiger partial charge is 0.353 e. The lowest BCUT2D eigenvalue weighted by atomic mass is 10.1. The number of aryl methyl sites for hydroxylation is 1. The first-order valence-corrected chi connectivity index (χ1v) is 11.0. The van der Waals surface area contributed by atoms with Crippen molar-refractivity contribution in [1.82, 2.24) is 9.88 Å². The van der Waals surface area contributed by atoms with Gasteiger partial charge in [0, 0.05) is 13.8 Å². The largest absolute Gasteiger partial charge is 0.492 e. The van der Waals surface area contributed by atoms with Crippen LogP contribution in [0.25, 0.3) is 10.6 Å². The average Bonchev–Trinajstić information content (AvgIpc) is 3.21. The van der Waals surface area contributed by atoms with Crippen molar-refractivity contribution in [2.45, 2.75) is 46.4 Å². The van der Waals surface area contributed by atoms with Gasteiger partial charge in [-0.15, -0.1) is 11.3 Å². The van der Waals surface area contributed by atoms with Crippen molar-refractivity contribution in [2.75, 3.05) is 27.5 Å². The fourth-order valence-electron chi connectivity index (χ4n) is 2.52. The molecule has 0 saturated heterocycles. The number of nitrogens with zero attached hydrogens (tertiary/aromatic N) is 3. The van der Waals surface area contributed by atoms with E-state index in [1.807, 2.05) is 6.07 Å². The first kappa shape index (κ1) is 18.5. The summed E-state index contributed by atoms with van der Waals surface area (Å²) in [6.45, 7) is -2.10. The minimum absolute atomic E-state index is 0.132. The molecule has 2 aromatic rings. The minimum atomic E-state index is -2.32. The summed E-state index contributed by atoms with van der Waals surface area (Å²) in [5, 5.41) is 10.1. The van der Waals surface area contributed by atoms with Gasteiger partial charge in [-0.05, 0) is 52.1 Å². The molecular formula is C24H31N3O5S. The molecule has 8 nitrogen and oxygen atoms in total. The highest BCUT2D eigenvalue weighted by atomic mass is 32.1. The zero-order valence-corrected chi connectivity index (χ0v) is 19.8. The number of nitriles is 1. The average molecular weight is 480 g/mol. The number of carbonyl (C=O) groups is 2. The molecular weight excluding hydrogens is 442 g/mol. The molecule has 2 rings (SSSR count). The Kier molecular flexibility index (Phi) is 6.90. The van der Waals surface area contributed by atoms with E-state index >= 15 is 0 Å². The molecule has 1 heterocycles. The monoisotopic (exact) mass is 479 g/mol. The second-order valence-electron chi connectivity index (χ2n) is 7.49. The topological polar surface area (TPSA) is 102 Å². The molecule has 0 aliphatic carbocycles. The van der Waals surface area contributed by atoms with Crippen LogP contribution in [-0.2, 0) is 14.3 Å². The third-order valence-electron chi connectivity index (χ3n) is 4.89. The maximum atomic E-state index is 12.5. The van der Waals surface area contributed by atoms with Gasteiger partial charge < -0.3 is 14.2 Å². The van der Waals surface area contributed by atoms with Crippen LogP contribution < -0.4 is 4.74 Å². The Bertz CT molecular complexity index is 1190. The van der Waals surface area contributed by atoms with Crippen LogP contribution in [0.1, 0.15) is 62.6 Å². The molecule has 33 heavy (non-hydrogen) atoms. The Labute approximate surface area is 207 Å². The van der Waals surface area contributed by atoms with Crippen molar-refractivity contribution in [3.05, 3.63) is 34.3 Å². The normalized spacial score (nSPS) is 15.3. The van der Waals surface area contributed by atoms with Crippen LogP contribution in [0.15, 0.2) is 18.2 Å². The number of hydrogen-bond donors (Lipinski definition) is 0. The molecule has 0 aliphatic rings.